The smallest absolute Gasteiger partial charge is 0.133 e. The van der Waals surface area contributed by atoms with Crippen LogP contribution in [0.4, 0.5) is 5.82 Å². The summed E-state index contributed by atoms with van der Waals surface area (Å²) in [7, 11) is 1.95. The van der Waals surface area contributed by atoms with E-state index in [2.05, 4.69) is 14.5 Å². The highest BCUT2D eigenvalue weighted by molar-refractivity contribution is 5.68. The highest BCUT2D eigenvalue weighted by Gasteiger charge is 2.29. The van der Waals surface area contributed by atoms with Crippen LogP contribution in [0.2, 0.25) is 0 Å². The average molecular weight is 217 g/mol. The molecule has 2 N–H and O–H groups in total. The molecular formula is C11H15N5. The van der Waals surface area contributed by atoms with Crippen LogP contribution in [0.25, 0.3) is 11.4 Å². The Morgan fingerprint density at radius 2 is 2.19 bits per heavy atom. The summed E-state index contributed by atoms with van der Waals surface area (Å²) >= 11 is 0. The number of hydrogen-bond acceptors (Lipinski definition) is 3. The van der Waals surface area contributed by atoms with E-state index in [1.807, 2.05) is 18.5 Å². The monoisotopic (exact) mass is 217 g/mol. The standard InChI is InChI=1S/C11H15N5/c1-7-14-10(9-5-13-6-15(9)2)11(12)16(7)8-3-4-8/h5-6,8H,3-4,12H2,1-2H3. The zero-order chi connectivity index (χ0) is 11.3. The number of nitrogens with two attached hydrogens (primary N) is 1. The normalized spacial score (nSPS) is 15.6. The van der Waals surface area contributed by atoms with Crippen molar-refractivity contribution in [1.82, 2.24) is 19.1 Å². The Bertz CT molecular complexity index is 533. The fourth-order valence-corrected chi connectivity index (χ4v) is 2.13. The summed E-state index contributed by atoms with van der Waals surface area (Å²) in [4.78, 5) is 8.65. The number of hydrogen-bond donors (Lipinski definition) is 1. The van der Waals surface area contributed by atoms with Crippen LogP contribution in [-0.4, -0.2) is 19.1 Å². The molecule has 5 heteroatoms. The first-order chi connectivity index (χ1) is 7.68. The minimum Gasteiger partial charge on any atom is -0.383 e. The van der Waals surface area contributed by atoms with Crippen LogP contribution in [0.15, 0.2) is 12.5 Å². The second-order valence-electron chi connectivity index (χ2n) is 4.38. The number of imidazole rings is 2. The molecule has 0 atom stereocenters. The van der Waals surface area contributed by atoms with E-state index >= 15 is 0 Å². The summed E-state index contributed by atoms with van der Waals surface area (Å²) in [5.74, 6) is 1.76. The van der Waals surface area contributed by atoms with Crippen molar-refractivity contribution in [1.29, 1.82) is 0 Å². The van der Waals surface area contributed by atoms with Crippen LogP contribution < -0.4 is 5.73 Å². The van der Waals surface area contributed by atoms with Crippen molar-refractivity contribution in [2.45, 2.75) is 25.8 Å². The van der Waals surface area contributed by atoms with E-state index in [1.54, 1.807) is 12.5 Å². The molecule has 2 aromatic heterocycles. The lowest BCUT2D eigenvalue weighted by atomic mass is 10.3. The Kier molecular flexibility index (Phi) is 1.83. The fourth-order valence-electron chi connectivity index (χ4n) is 2.13. The molecule has 2 heterocycles. The van der Waals surface area contributed by atoms with E-state index in [0.29, 0.717) is 6.04 Å². The summed E-state index contributed by atoms with van der Waals surface area (Å²) < 4.78 is 4.08. The first kappa shape index (κ1) is 9.45. The van der Waals surface area contributed by atoms with Gasteiger partial charge in [-0.3, -0.25) is 0 Å². The molecule has 0 aromatic carbocycles. The van der Waals surface area contributed by atoms with Crippen molar-refractivity contribution >= 4 is 5.82 Å². The number of aromatic nitrogens is 4. The van der Waals surface area contributed by atoms with Gasteiger partial charge in [0, 0.05) is 13.1 Å². The third-order valence-corrected chi connectivity index (χ3v) is 3.10. The van der Waals surface area contributed by atoms with Crippen LogP contribution in [0.3, 0.4) is 0 Å². The van der Waals surface area contributed by atoms with Crippen molar-refractivity contribution in [3.63, 3.8) is 0 Å². The maximum Gasteiger partial charge on any atom is 0.133 e. The third-order valence-electron chi connectivity index (χ3n) is 3.10. The number of nitrogens with zero attached hydrogens (tertiary/aromatic N) is 4. The van der Waals surface area contributed by atoms with E-state index in [4.69, 9.17) is 5.73 Å². The average Bonchev–Trinajstić information content (AvgIpc) is 2.91. The summed E-state index contributed by atoms with van der Waals surface area (Å²) in [5.41, 5.74) is 7.99. The molecule has 5 nitrogen and oxygen atoms in total. The van der Waals surface area contributed by atoms with Crippen molar-refractivity contribution in [2.24, 2.45) is 7.05 Å². The van der Waals surface area contributed by atoms with Gasteiger partial charge in [0.05, 0.1) is 18.2 Å². The van der Waals surface area contributed by atoms with Gasteiger partial charge < -0.3 is 14.9 Å². The molecule has 0 spiro atoms. The molecule has 1 aliphatic rings. The quantitative estimate of drug-likeness (QED) is 0.829. The van der Waals surface area contributed by atoms with Crippen molar-refractivity contribution in [3.8, 4) is 11.4 Å². The molecule has 0 bridgehead atoms. The second-order valence-corrected chi connectivity index (χ2v) is 4.38. The van der Waals surface area contributed by atoms with Crippen LogP contribution in [0.5, 0.6) is 0 Å². The summed E-state index contributed by atoms with van der Waals surface area (Å²) in [5, 5.41) is 0. The molecule has 0 aliphatic heterocycles. The first-order valence-corrected chi connectivity index (χ1v) is 5.49. The van der Waals surface area contributed by atoms with Gasteiger partial charge in [-0.05, 0) is 19.8 Å². The minimum atomic E-state index is 0.564. The fraction of sp³-hybridized carbons (Fsp3) is 0.455. The predicted molar refractivity (Wildman–Crippen MR) is 61.8 cm³/mol. The van der Waals surface area contributed by atoms with Crippen molar-refractivity contribution < 1.29 is 0 Å². The zero-order valence-electron chi connectivity index (χ0n) is 9.51. The Hall–Kier alpha value is -1.78. The molecule has 84 valence electrons. The summed E-state index contributed by atoms with van der Waals surface area (Å²) in [6.45, 7) is 2.01. The molecule has 1 fully saturated rings. The van der Waals surface area contributed by atoms with E-state index in [9.17, 15) is 0 Å². The number of aryl methyl sites for hydroxylation is 2. The van der Waals surface area contributed by atoms with Crippen LogP contribution in [0, 0.1) is 6.92 Å². The van der Waals surface area contributed by atoms with Gasteiger partial charge in [-0.2, -0.15) is 0 Å². The van der Waals surface area contributed by atoms with Crippen LogP contribution in [0.1, 0.15) is 24.7 Å². The molecule has 2 aromatic rings. The van der Waals surface area contributed by atoms with Gasteiger partial charge in [-0.1, -0.05) is 0 Å². The number of anilines is 1. The van der Waals surface area contributed by atoms with Crippen LogP contribution in [-0.2, 0) is 7.05 Å². The molecule has 0 unspecified atom stereocenters. The number of nitrogen functional groups attached to an aromatic ring is 1. The van der Waals surface area contributed by atoms with Gasteiger partial charge in [-0.25, -0.2) is 9.97 Å². The highest BCUT2D eigenvalue weighted by atomic mass is 15.2. The molecule has 0 saturated heterocycles. The zero-order valence-corrected chi connectivity index (χ0v) is 9.51. The van der Waals surface area contributed by atoms with Crippen molar-refractivity contribution in [3.05, 3.63) is 18.3 Å². The van der Waals surface area contributed by atoms with E-state index in [1.165, 1.54) is 12.8 Å². The molecule has 0 radical (unpaired) electrons. The van der Waals surface area contributed by atoms with Gasteiger partial charge in [0.15, 0.2) is 0 Å². The Morgan fingerprint density at radius 1 is 1.44 bits per heavy atom. The topological polar surface area (TPSA) is 61.7 Å². The SMILES string of the molecule is Cc1nc(-c2cncn2C)c(N)n1C1CC1. The molecule has 16 heavy (non-hydrogen) atoms. The predicted octanol–water partition coefficient (Wildman–Crippen LogP) is 1.51. The molecule has 3 rings (SSSR count). The van der Waals surface area contributed by atoms with Crippen LogP contribution >= 0.6 is 0 Å². The van der Waals surface area contributed by atoms with Gasteiger partial charge in [-0.15, -0.1) is 0 Å². The van der Waals surface area contributed by atoms with E-state index in [-0.39, 0.29) is 0 Å². The van der Waals surface area contributed by atoms with E-state index < -0.39 is 0 Å². The van der Waals surface area contributed by atoms with E-state index in [0.717, 1.165) is 23.0 Å². The lowest BCUT2D eigenvalue weighted by molar-refractivity contribution is 0.720. The lowest BCUT2D eigenvalue weighted by Crippen LogP contribution is -2.02. The van der Waals surface area contributed by atoms with Gasteiger partial charge >= 0.3 is 0 Å². The Balaban J connectivity index is 2.15. The first-order valence-electron chi connectivity index (χ1n) is 5.49. The summed E-state index contributed by atoms with van der Waals surface area (Å²) in [6.07, 6.45) is 5.99. The Morgan fingerprint density at radius 3 is 2.75 bits per heavy atom. The van der Waals surface area contributed by atoms with Gasteiger partial charge in [0.25, 0.3) is 0 Å². The largest absolute Gasteiger partial charge is 0.383 e. The molecule has 0 amide bonds. The lowest BCUT2D eigenvalue weighted by Gasteiger charge is -2.05. The van der Waals surface area contributed by atoms with Gasteiger partial charge in [0.1, 0.15) is 17.3 Å². The maximum absolute atomic E-state index is 6.16. The minimum absolute atomic E-state index is 0.564. The summed E-state index contributed by atoms with van der Waals surface area (Å²) in [6, 6.07) is 0.564. The number of rotatable bonds is 2. The second kappa shape index (κ2) is 3.10. The Labute approximate surface area is 93.9 Å². The van der Waals surface area contributed by atoms with Crippen molar-refractivity contribution in [2.75, 3.05) is 5.73 Å². The highest BCUT2D eigenvalue weighted by Crippen LogP contribution is 2.40. The third kappa shape index (κ3) is 1.24. The molecule has 1 saturated carbocycles. The van der Waals surface area contributed by atoms with Gasteiger partial charge in [0.2, 0.25) is 0 Å². The molecule has 1 aliphatic carbocycles. The maximum atomic E-state index is 6.16. The molecular weight excluding hydrogens is 202 g/mol.